The highest BCUT2D eigenvalue weighted by Crippen LogP contribution is 2.34. The van der Waals surface area contributed by atoms with Gasteiger partial charge in [-0.25, -0.2) is 13.2 Å². The Morgan fingerprint density at radius 1 is 1.00 bits per heavy atom. The molecule has 0 aliphatic carbocycles. The fraction of sp³-hybridized carbons (Fsp3) is 0.0625. The lowest BCUT2D eigenvalue weighted by Crippen LogP contribution is -2.15. The van der Waals surface area contributed by atoms with Gasteiger partial charge in [0.1, 0.15) is 10.5 Å². The first-order valence-corrected chi connectivity index (χ1v) is 9.27. The number of nitrogens with one attached hydrogen (secondary N) is 1. The van der Waals surface area contributed by atoms with Crippen molar-refractivity contribution in [3.05, 3.63) is 69.0 Å². The quantitative estimate of drug-likeness (QED) is 0.604. The lowest BCUT2D eigenvalue weighted by atomic mass is 10.2. The summed E-state index contributed by atoms with van der Waals surface area (Å²) in [5, 5.41) is 0.452. The molecule has 2 aromatic carbocycles. The summed E-state index contributed by atoms with van der Waals surface area (Å²) in [6.45, 7) is 0. The third kappa shape index (κ3) is 3.75. The maximum Gasteiger partial charge on any atom is 0.416 e. The Bertz CT molecular complexity index is 1160. The minimum absolute atomic E-state index is 0.00946. The lowest BCUT2D eigenvalue weighted by molar-refractivity contribution is -0.137. The van der Waals surface area contributed by atoms with Gasteiger partial charge in [0, 0.05) is 21.6 Å². The van der Waals surface area contributed by atoms with Crippen LogP contribution in [-0.4, -0.2) is 8.42 Å². The maximum atomic E-state index is 12.9. The van der Waals surface area contributed by atoms with Crippen LogP contribution in [-0.2, 0) is 16.2 Å². The molecule has 1 aromatic heterocycles. The van der Waals surface area contributed by atoms with E-state index >= 15 is 0 Å². The number of alkyl halides is 3. The van der Waals surface area contributed by atoms with Gasteiger partial charge in [0.2, 0.25) is 0 Å². The number of hydrogen-bond acceptors (Lipinski definition) is 4. The van der Waals surface area contributed by atoms with Crippen molar-refractivity contribution in [3.8, 4) is 0 Å². The molecule has 0 spiro atoms. The van der Waals surface area contributed by atoms with E-state index in [1.165, 1.54) is 30.3 Å². The molecule has 0 aliphatic heterocycles. The second-order valence-electron chi connectivity index (χ2n) is 5.26. The molecular weight excluding hydrogens is 439 g/mol. The summed E-state index contributed by atoms with van der Waals surface area (Å²) in [6, 6.07) is 9.08. The van der Waals surface area contributed by atoms with E-state index < -0.39 is 32.3 Å². The molecule has 0 atom stereocenters. The third-order valence-corrected chi connectivity index (χ3v) is 5.79. The zero-order valence-corrected chi connectivity index (χ0v) is 15.1. The van der Waals surface area contributed by atoms with Crippen molar-refractivity contribution in [2.24, 2.45) is 0 Å². The summed E-state index contributed by atoms with van der Waals surface area (Å²) in [4.78, 5) is 10.6. The molecule has 0 radical (unpaired) electrons. The Morgan fingerprint density at radius 3 is 2.42 bits per heavy atom. The topological polar surface area (TPSA) is 76.4 Å². The monoisotopic (exact) mass is 447 g/mol. The lowest BCUT2D eigenvalue weighted by Gasteiger charge is -2.13. The van der Waals surface area contributed by atoms with Gasteiger partial charge in [-0.1, -0.05) is 0 Å². The molecule has 0 fully saturated rings. The van der Waals surface area contributed by atoms with E-state index in [1.807, 2.05) is 0 Å². The minimum Gasteiger partial charge on any atom is -0.423 e. The minimum atomic E-state index is -4.68. The van der Waals surface area contributed by atoms with Crippen LogP contribution < -0.4 is 10.3 Å². The Labute approximate surface area is 153 Å². The Kier molecular flexibility index (Phi) is 4.57. The van der Waals surface area contributed by atoms with Crippen LogP contribution in [0, 0.1) is 0 Å². The number of rotatable bonds is 3. The number of hydrogen-bond donors (Lipinski definition) is 1. The number of fused-ring (bicyclic) bond motifs is 1. The molecule has 3 aromatic rings. The molecule has 0 unspecified atom stereocenters. The molecule has 26 heavy (non-hydrogen) atoms. The largest absolute Gasteiger partial charge is 0.423 e. The van der Waals surface area contributed by atoms with Crippen molar-refractivity contribution in [1.82, 2.24) is 0 Å². The van der Waals surface area contributed by atoms with Crippen molar-refractivity contribution in [1.29, 1.82) is 0 Å². The normalized spacial score (nSPS) is 12.3. The van der Waals surface area contributed by atoms with Gasteiger partial charge in [0.25, 0.3) is 10.0 Å². The van der Waals surface area contributed by atoms with Crippen molar-refractivity contribution >= 4 is 42.6 Å². The summed E-state index contributed by atoms with van der Waals surface area (Å²) in [6.07, 6.45) is -4.68. The predicted octanol–water partition coefficient (Wildman–Crippen LogP) is 4.38. The molecule has 0 amide bonds. The molecule has 3 rings (SSSR count). The van der Waals surface area contributed by atoms with Crippen LogP contribution in [0.3, 0.4) is 0 Å². The fourth-order valence-electron chi connectivity index (χ4n) is 2.23. The van der Waals surface area contributed by atoms with Crippen LogP contribution >= 0.6 is 15.9 Å². The maximum absolute atomic E-state index is 12.9. The summed E-state index contributed by atoms with van der Waals surface area (Å²) in [7, 11) is -4.29. The predicted molar refractivity (Wildman–Crippen MR) is 92.4 cm³/mol. The van der Waals surface area contributed by atoms with Crippen LogP contribution in [0.4, 0.5) is 18.9 Å². The van der Waals surface area contributed by atoms with Crippen LogP contribution in [0.1, 0.15) is 5.56 Å². The SMILES string of the molecule is O=c1ccc2cc(NS(=O)(=O)c3cc(C(F)(F)F)ccc3Br)ccc2o1. The van der Waals surface area contributed by atoms with E-state index in [2.05, 4.69) is 20.7 Å². The third-order valence-electron chi connectivity index (χ3n) is 3.42. The van der Waals surface area contributed by atoms with Gasteiger partial charge in [-0.3, -0.25) is 4.72 Å². The van der Waals surface area contributed by atoms with Crippen molar-refractivity contribution in [3.63, 3.8) is 0 Å². The first kappa shape index (κ1) is 18.5. The molecule has 0 aliphatic rings. The Morgan fingerprint density at radius 2 is 1.73 bits per heavy atom. The van der Waals surface area contributed by atoms with Gasteiger partial charge < -0.3 is 4.42 Å². The first-order chi connectivity index (χ1) is 12.1. The van der Waals surface area contributed by atoms with E-state index in [-0.39, 0.29) is 15.7 Å². The molecule has 1 heterocycles. The number of benzene rings is 2. The van der Waals surface area contributed by atoms with Crippen molar-refractivity contribution in [2.45, 2.75) is 11.1 Å². The number of anilines is 1. The summed E-state index contributed by atoms with van der Waals surface area (Å²) in [5.41, 5.74) is -1.28. The Balaban J connectivity index is 2.01. The summed E-state index contributed by atoms with van der Waals surface area (Å²) in [5.74, 6) is 0. The summed E-state index contributed by atoms with van der Waals surface area (Å²) < 4.78 is 70.7. The van der Waals surface area contributed by atoms with E-state index in [9.17, 15) is 26.4 Å². The highest BCUT2D eigenvalue weighted by Gasteiger charge is 2.32. The number of halogens is 4. The van der Waals surface area contributed by atoms with Crippen molar-refractivity contribution in [2.75, 3.05) is 4.72 Å². The summed E-state index contributed by atoms with van der Waals surface area (Å²) >= 11 is 2.96. The van der Waals surface area contributed by atoms with E-state index in [4.69, 9.17) is 4.42 Å². The molecule has 0 saturated carbocycles. The first-order valence-electron chi connectivity index (χ1n) is 7.00. The average molecular weight is 448 g/mol. The highest BCUT2D eigenvalue weighted by atomic mass is 79.9. The van der Waals surface area contributed by atoms with Crippen LogP contribution in [0.15, 0.2) is 67.1 Å². The van der Waals surface area contributed by atoms with E-state index in [1.54, 1.807) is 0 Å². The zero-order chi connectivity index (χ0) is 19.1. The highest BCUT2D eigenvalue weighted by molar-refractivity contribution is 9.10. The molecule has 1 N–H and O–H groups in total. The standard InChI is InChI=1S/C16H9BrF3NO4S/c17-12-4-2-10(16(18,19)20)8-14(12)26(23,24)21-11-3-5-13-9(7-11)1-6-15(22)25-13/h1-8,21H. The molecule has 10 heteroatoms. The van der Waals surface area contributed by atoms with Gasteiger partial charge in [-0.15, -0.1) is 0 Å². The molecule has 5 nitrogen and oxygen atoms in total. The molecular formula is C16H9BrF3NO4S. The second-order valence-corrected chi connectivity index (χ2v) is 7.76. The molecule has 0 bridgehead atoms. The van der Waals surface area contributed by atoms with Gasteiger partial charge in [-0.05, 0) is 58.4 Å². The van der Waals surface area contributed by atoms with Gasteiger partial charge in [0.05, 0.1) is 5.56 Å². The van der Waals surface area contributed by atoms with Gasteiger partial charge >= 0.3 is 11.8 Å². The van der Waals surface area contributed by atoms with Crippen molar-refractivity contribution < 1.29 is 26.0 Å². The average Bonchev–Trinajstić information content (AvgIpc) is 2.54. The van der Waals surface area contributed by atoms with E-state index in [0.29, 0.717) is 11.5 Å². The van der Waals surface area contributed by atoms with Crippen LogP contribution in [0.25, 0.3) is 11.0 Å². The van der Waals surface area contributed by atoms with Crippen LogP contribution in [0.2, 0.25) is 0 Å². The second kappa shape index (κ2) is 6.44. The fourth-order valence-corrected chi connectivity index (χ4v) is 4.27. The van der Waals surface area contributed by atoms with Crippen LogP contribution in [0.5, 0.6) is 0 Å². The van der Waals surface area contributed by atoms with E-state index in [0.717, 1.165) is 12.1 Å². The van der Waals surface area contributed by atoms with Gasteiger partial charge in [-0.2, -0.15) is 13.2 Å². The Hall–Kier alpha value is -2.33. The number of sulfonamides is 1. The molecule has 0 saturated heterocycles. The molecule has 136 valence electrons. The smallest absolute Gasteiger partial charge is 0.416 e. The van der Waals surface area contributed by atoms with Gasteiger partial charge in [0.15, 0.2) is 0 Å². The zero-order valence-electron chi connectivity index (χ0n) is 12.7.